The topological polar surface area (TPSA) is 47.0 Å². The number of nitrogens with one attached hydrogen (secondary N) is 1. The van der Waals surface area contributed by atoms with Gasteiger partial charge in [0.05, 0.1) is 22.8 Å². The second-order valence-electron chi connectivity index (χ2n) is 4.53. The smallest absolute Gasteiger partial charge is 0.165 e. The van der Waals surface area contributed by atoms with Gasteiger partial charge in [-0.1, -0.05) is 6.07 Å². The Bertz CT molecular complexity index is 629. The molecule has 1 N–H and O–H groups in total. The molecule has 1 aromatic carbocycles. The van der Waals surface area contributed by atoms with Crippen molar-refractivity contribution in [2.75, 3.05) is 19.0 Å². The van der Waals surface area contributed by atoms with E-state index in [0.29, 0.717) is 5.82 Å². The van der Waals surface area contributed by atoms with Gasteiger partial charge in [0.15, 0.2) is 5.82 Å². The van der Waals surface area contributed by atoms with Crippen molar-refractivity contribution in [3.8, 4) is 17.1 Å². The Hall–Kier alpha value is -1.62. The molecule has 0 aliphatic rings. The molecule has 0 fully saturated rings. The SMILES string of the molecule is CCNc1nc(-c2ccc(C)cc2OC)nc(C)c1Br. The molecule has 0 amide bonds. The minimum Gasteiger partial charge on any atom is -0.496 e. The highest BCUT2D eigenvalue weighted by Crippen LogP contribution is 2.32. The Morgan fingerprint density at radius 3 is 2.65 bits per heavy atom. The van der Waals surface area contributed by atoms with E-state index < -0.39 is 0 Å². The molecule has 0 radical (unpaired) electrons. The maximum atomic E-state index is 5.44. The van der Waals surface area contributed by atoms with Crippen LogP contribution in [0.2, 0.25) is 0 Å². The first-order valence-electron chi connectivity index (χ1n) is 6.49. The number of methoxy groups -OCH3 is 1. The first-order chi connectivity index (χ1) is 9.56. The number of anilines is 1. The number of ether oxygens (including phenoxy) is 1. The summed E-state index contributed by atoms with van der Waals surface area (Å²) in [6.45, 7) is 6.83. The van der Waals surface area contributed by atoms with Gasteiger partial charge in [-0.15, -0.1) is 0 Å². The molecule has 0 spiro atoms. The number of hydrogen-bond donors (Lipinski definition) is 1. The molecule has 0 unspecified atom stereocenters. The van der Waals surface area contributed by atoms with Crippen LogP contribution < -0.4 is 10.1 Å². The van der Waals surface area contributed by atoms with Crippen LogP contribution in [0.25, 0.3) is 11.4 Å². The number of aryl methyl sites for hydroxylation is 2. The van der Waals surface area contributed by atoms with E-state index in [0.717, 1.165) is 39.4 Å². The van der Waals surface area contributed by atoms with Gasteiger partial charge in [0, 0.05) is 6.54 Å². The lowest BCUT2D eigenvalue weighted by atomic mass is 10.1. The van der Waals surface area contributed by atoms with Gasteiger partial charge >= 0.3 is 0 Å². The molecule has 5 heteroatoms. The van der Waals surface area contributed by atoms with Crippen molar-refractivity contribution in [3.63, 3.8) is 0 Å². The van der Waals surface area contributed by atoms with Crippen LogP contribution in [0.1, 0.15) is 18.2 Å². The summed E-state index contributed by atoms with van der Waals surface area (Å²) in [7, 11) is 1.66. The summed E-state index contributed by atoms with van der Waals surface area (Å²) in [5.41, 5.74) is 2.94. The Balaban J connectivity index is 2.58. The largest absolute Gasteiger partial charge is 0.496 e. The highest BCUT2D eigenvalue weighted by Gasteiger charge is 2.13. The standard InChI is InChI=1S/C15H18BrN3O/c1-5-17-15-13(16)10(3)18-14(19-15)11-7-6-9(2)8-12(11)20-4/h6-8H,5H2,1-4H3,(H,17,18,19). The summed E-state index contributed by atoms with van der Waals surface area (Å²) in [6, 6.07) is 6.01. The van der Waals surface area contributed by atoms with Gasteiger partial charge in [0.25, 0.3) is 0 Å². The van der Waals surface area contributed by atoms with Crippen molar-refractivity contribution in [2.24, 2.45) is 0 Å². The lowest BCUT2D eigenvalue weighted by Gasteiger charge is -2.12. The van der Waals surface area contributed by atoms with Crippen LogP contribution >= 0.6 is 15.9 Å². The zero-order valence-corrected chi connectivity index (χ0v) is 13.7. The van der Waals surface area contributed by atoms with Crippen LogP contribution in [0.3, 0.4) is 0 Å². The van der Waals surface area contributed by atoms with Crippen molar-refractivity contribution >= 4 is 21.7 Å². The van der Waals surface area contributed by atoms with Crippen LogP contribution in [-0.2, 0) is 0 Å². The third-order valence-corrected chi connectivity index (χ3v) is 3.91. The number of halogens is 1. The molecule has 2 aromatic rings. The van der Waals surface area contributed by atoms with Crippen molar-refractivity contribution < 1.29 is 4.74 Å². The first-order valence-corrected chi connectivity index (χ1v) is 7.29. The van der Waals surface area contributed by atoms with E-state index in [4.69, 9.17) is 4.74 Å². The minimum absolute atomic E-state index is 0.665. The molecule has 0 aliphatic heterocycles. The molecular weight excluding hydrogens is 318 g/mol. The normalized spacial score (nSPS) is 10.4. The van der Waals surface area contributed by atoms with Crippen LogP contribution in [0.4, 0.5) is 5.82 Å². The molecule has 0 atom stereocenters. The molecule has 0 aliphatic carbocycles. The molecule has 2 rings (SSSR count). The second-order valence-corrected chi connectivity index (χ2v) is 5.32. The molecule has 1 aromatic heterocycles. The van der Waals surface area contributed by atoms with E-state index >= 15 is 0 Å². The van der Waals surface area contributed by atoms with Crippen LogP contribution in [0.15, 0.2) is 22.7 Å². The monoisotopic (exact) mass is 335 g/mol. The molecule has 4 nitrogen and oxygen atoms in total. The molecule has 0 bridgehead atoms. The number of nitrogens with zero attached hydrogens (tertiary/aromatic N) is 2. The maximum absolute atomic E-state index is 5.44. The van der Waals surface area contributed by atoms with Gasteiger partial charge in [0.2, 0.25) is 0 Å². The molecule has 1 heterocycles. The lowest BCUT2D eigenvalue weighted by molar-refractivity contribution is 0.416. The van der Waals surface area contributed by atoms with Crippen molar-refractivity contribution in [1.82, 2.24) is 9.97 Å². The van der Waals surface area contributed by atoms with Gasteiger partial charge < -0.3 is 10.1 Å². The second kappa shape index (κ2) is 6.22. The quantitative estimate of drug-likeness (QED) is 0.918. The van der Waals surface area contributed by atoms with E-state index in [2.05, 4.69) is 31.2 Å². The fourth-order valence-corrected chi connectivity index (χ4v) is 2.26. The zero-order chi connectivity index (χ0) is 14.7. The third-order valence-electron chi connectivity index (χ3n) is 2.96. The Morgan fingerprint density at radius 2 is 2.00 bits per heavy atom. The molecular formula is C15H18BrN3O. The van der Waals surface area contributed by atoms with Gasteiger partial charge in [-0.25, -0.2) is 9.97 Å². The third kappa shape index (κ3) is 2.93. The molecule has 106 valence electrons. The molecule has 0 saturated heterocycles. The predicted octanol–water partition coefficient (Wildman–Crippen LogP) is 3.96. The summed E-state index contributed by atoms with van der Waals surface area (Å²) in [4.78, 5) is 9.13. The average molecular weight is 336 g/mol. The van der Waals surface area contributed by atoms with Crippen molar-refractivity contribution in [3.05, 3.63) is 33.9 Å². The lowest BCUT2D eigenvalue weighted by Crippen LogP contribution is -2.05. The van der Waals surface area contributed by atoms with E-state index in [1.54, 1.807) is 7.11 Å². The summed E-state index contributed by atoms with van der Waals surface area (Å²) in [5, 5.41) is 3.24. The van der Waals surface area contributed by atoms with E-state index in [1.807, 2.05) is 39.0 Å². The zero-order valence-electron chi connectivity index (χ0n) is 12.1. The highest BCUT2D eigenvalue weighted by molar-refractivity contribution is 9.10. The van der Waals surface area contributed by atoms with Gasteiger partial charge in [-0.3, -0.25) is 0 Å². The van der Waals surface area contributed by atoms with Crippen LogP contribution in [0.5, 0.6) is 5.75 Å². The summed E-state index contributed by atoms with van der Waals surface area (Å²) >= 11 is 3.52. The van der Waals surface area contributed by atoms with Crippen LogP contribution in [-0.4, -0.2) is 23.6 Å². The van der Waals surface area contributed by atoms with Gasteiger partial charge in [-0.2, -0.15) is 0 Å². The van der Waals surface area contributed by atoms with Crippen molar-refractivity contribution in [2.45, 2.75) is 20.8 Å². The molecule has 20 heavy (non-hydrogen) atoms. The fraction of sp³-hybridized carbons (Fsp3) is 0.333. The van der Waals surface area contributed by atoms with E-state index in [1.165, 1.54) is 0 Å². The summed E-state index contributed by atoms with van der Waals surface area (Å²) in [6.07, 6.45) is 0. The van der Waals surface area contributed by atoms with E-state index in [-0.39, 0.29) is 0 Å². The predicted molar refractivity (Wildman–Crippen MR) is 85.4 cm³/mol. The maximum Gasteiger partial charge on any atom is 0.165 e. The van der Waals surface area contributed by atoms with E-state index in [9.17, 15) is 0 Å². The Morgan fingerprint density at radius 1 is 1.25 bits per heavy atom. The first kappa shape index (κ1) is 14.8. The number of benzene rings is 1. The average Bonchev–Trinajstić information content (AvgIpc) is 2.43. The highest BCUT2D eigenvalue weighted by atomic mass is 79.9. The summed E-state index contributed by atoms with van der Waals surface area (Å²) < 4.78 is 6.34. The minimum atomic E-state index is 0.665. The van der Waals surface area contributed by atoms with Gasteiger partial charge in [0.1, 0.15) is 11.6 Å². The van der Waals surface area contributed by atoms with Gasteiger partial charge in [-0.05, 0) is 54.4 Å². The number of hydrogen-bond acceptors (Lipinski definition) is 4. The molecule has 0 saturated carbocycles. The Labute approximate surface area is 127 Å². The fourth-order valence-electron chi connectivity index (χ4n) is 1.95. The van der Waals surface area contributed by atoms with Crippen LogP contribution in [0, 0.1) is 13.8 Å². The van der Waals surface area contributed by atoms with Crippen molar-refractivity contribution in [1.29, 1.82) is 0 Å². The number of aromatic nitrogens is 2. The number of rotatable bonds is 4. The Kier molecular flexibility index (Phi) is 4.60. The summed E-state index contributed by atoms with van der Waals surface area (Å²) in [5.74, 6) is 2.25.